The molecule has 0 aromatic rings. The number of nitrogens with two attached hydrogens (primary N) is 1. The SMILES string of the molecule is COCC(N)CS(=O)(=O)O. The average molecular weight is 169 g/mol. The summed E-state index contributed by atoms with van der Waals surface area (Å²) < 4.78 is 33.1. The van der Waals surface area contributed by atoms with Crippen LogP contribution in [0.4, 0.5) is 0 Å². The van der Waals surface area contributed by atoms with Crippen molar-refractivity contribution in [1.82, 2.24) is 0 Å². The summed E-state index contributed by atoms with van der Waals surface area (Å²) in [5.74, 6) is -0.458. The van der Waals surface area contributed by atoms with Gasteiger partial charge in [0.2, 0.25) is 0 Å². The van der Waals surface area contributed by atoms with Crippen LogP contribution in [0.2, 0.25) is 0 Å². The summed E-state index contributed by atoms with van der Waals surface area (Å²) in [5, 5.41) is 0. The maximum atomic E-state index is 10.1. The molecule has 0 bridgehead atoms. The third-order valence-corrected chi connectivity index (χ3v) is 1.65. The first-order valence-electron chi connectivity index (χ1n) is 2.65. The van der Waals surface area contributed by atoms with E-state index in [-0.39, 0.29) is 6.61 Å². The zero-order chi connectivity index (χ0) is 8.20. The Morgan fingerprint density at radius 2 is 2.20 bits per heavy atom. The fourth-order valence-electron chi connectivity index (χ4n) is 0.533. The molecule has 0 aromatic heterocycles. The highest BCUT2D eigenvalue weighted by atomic mass is 32.2. The number of rotatable bonds is 4. The Morgan fingerprint density at radius 1 is 1.70 bits per heavy atom. The minimum absolute atomic E-state index is 0.125. The maximum absolute atomic E-state index is 10.1. The second-order valence-electron chi connectivity index (χ2n) is 1.96. The van der Waals surface area contributed by atoms with Crippen LogP contribution < -0.4 is 5.73 Å². The summed E-state index contributed by atoms with van der Waals surface area (Å²) in [5.41, 5.74) is 5.21. The fourth-order valence-corrected chi connectivity index (χ4v) is 1.17. The first kappa shape index (κ1) is 9.83. The van der Waals surface area contributed by atoms with E-state index in [1.807, 2.05) is 0 Å². The summed E-state index contributed by atoms with van der Waals surface area (Å²) >= 11 is 0. The van der Waals surface area contributed by atoms with Crippen LogP contribution in [0.25, 0.3) is 0 Å². The molecule has 1 unspecified atom stereocenters. The highest BCUT2D eigenvalue weighted by molar-refractivity contribution is 7.85. The van der Waals surface area contributed by atoms with Gasteiger partial charge in [-0.2, -0.15) is 8.42 Å². The summed E-state index contributed by atoms with van der Waals surface area (Å²) in [7, 11) is -2.54. The molecule has 0 aliphatic carbocycles. The minimum atomic E-state index is -3.95. The van der Waals surface area contributed by atoms with E-state index < -0.39 is 21.9 Å². The first-order valence-corrected chi connectivity index (χ1v) is 4.26. The Balaban J connectivity index is 3.69. The van der Waals surface area contributed by atoms with Crippen LogP contribution in [0.3, 0.4) is 0 Å². The van der Waals surface area contributed by atoms with Crippen LogP contribution in [-0.2, 0) is 14.9 Å². The topological polar surface area (TPSA) is 89.6 Å². The van der Waals surface area contributed by atoms with Gasteiger partial charge in [-0.1, -0.05) is 0 Å². The molecule has 0 rings (SSSR count). The monoisotopic (exact) mass is 169 g/mol. The van der Waals surface area contributed by atoms with Crippen LogP contribution >= 0.6 is 0 Å². The molecule has 1 atom stereocenters. The van der Waals surface area contributed by atoms with Gasteiger partial charge in [-0.25, -0.2) is 0 Å². The van der Waals surface area contributed by atoms with Crippen molar-refractivity contribution >= 4 is 10.1 Å². The zero-order valence-corrected chi connectivity index (χ0v) is 6.47. The van der Waals surface area contributed by atoms with E-state index in [4.69, 9.17) is 10.3 Å². The van der Waals surface area contributed by atoms with Gasteiger partial charge in [-0.05, 0) is 0 Å². The van der Waals surface area contributed by atoms with Gasteiger partial charge in [0.15, 0.2) is 0 Å². The lowest BCUT2D eigenvalue weighted by Gasteiger charge is -2.06. The molecule has 0 fully saturated rings. The molecule has 0 aliphatic heterocycles. The van der Waals surface area contributed by atoms with Crippen molar-refractivity contribution < 1.29 is 17.7 Å². The van der Waals surface area contributed by atoms with Gasteiger partial charge < -0.3 is 10.5 Å². The summed E-state index contributed by atoms with van der Waals surface area (Å²) in [4.78, 5) is 0. The molecule has 0 radical (unpaired) electrons. The van der Waals surface area contributed by atoms with Crippen LogP contribution in [-0.4, -0.2) is 38.5 Å². The van der Waals surface area contributed by atoms with E-state index in [1.165, 1.54) is 7.11 Å². The maximum Gasteiger partial charge on any atom is 0.266 e. The first-order chi connectivity index (χ1) is 4.45. The lowest BCUT2D eigenvalue weighted by Crippen LogP contribution is -2.33. The van der Waals surface area contributed by atoms with Gasteiger partial charge in [0.1, 0.15) is 0 Å². The lowest BCUT2D eigenvalue weighted by atomic mass is 10.4. The van der Waals surface area contributed by atoms with Crippen LogP contribution in [0.15, 0.2) is 0 Å². The Morgan fingerprint density at radius 3 is 2.50 bits per heavy atom. The molecule has 0 aliphatic rings. The number of ether oxygens (including phenoxy) is 1. The molecule has 0 spiro atoms. The molecular weight excluding hydrogens is 158 g/mol. The smallest absolute Gasteiger partial charge is 0.266 e. The highest BCUT2D eigenvalue weighted by Crippen LogP contribution is 1.87. The number of hydrogen-bond acceptors (Lipinski definition) is 4. The van der Waals surface area contributed by atoms with Crippen LogP contribution in [0.5, 0.6) is 0 Å². The summed E-state index contributed by atoms with van der Waals surface area (Å²) in [6.45, 7) is 0.125. The predicted octanol–water partition coefficient (Wildman–Crippen LogP) is -1.15. The average Bonchev–Trinajstić information content (AvgIpc) is 1.59. The van der Waals surface area contributed by atoms with Crippen molar-refractivity contribution in [2.75, 3.05) is 19.5 Å². The Bertz CT molecular complexity index is 176. The standard InChI is InChI=1S/C4H11NO4S/c1-9-2-4(5)3-10(6,7)8/h4H,2-3,5H2,1H3,(H,6,7,8). The van der Waals surface area contributed by atoms with Crippen molar-refractivity contribution in [3.63, 3.8) is 0 Å². The van der Waals surface area contributed by atoms with E-state index in [1.54, 1.807) is 0 Å². The number of hydrogen-bond donors (Lipinski definition) is 2. The lowest BCUT2D eigenvalue weighted by molar-refractivity contribution is 0.185. The van der Waals surface area contributed by atoms with Gasteiger partial charge >= 0.3 is 0 Å². The molecule has 0 heterocycles. The van der Waals surface area contributed by atoms with Gasteiger partial charge in [0.05, 0.1) is 12.4 Å². The molecular formula is C4H11NO4S. The van der Waals surface area contributed by atoms with Crippen molar-refractivity contribution in [2.45, 2.75) is 6.04 Å². The molecule has 10 heavy (non-hydrogen) atoms. The summed E-state index contributed by atoms with van der Waals surface area (Å²) in [6, 6.07) is -0.653. The van der Waals surface area contributed by atoms with Gasteiger partial charge in [-0.3, -0.25) is 4.55 Å². The second kappa shape index (κ2) is 3.87. The Kier molecular flexibility index (Phi) is 3.80. The van der Waals surface area contributed by atoms with Crippen LogP contribution in [0, 0.1) is 0 Å². The van der Waals surface area contributed by atoms with Crippen molar-refractivity contribution in [1.29, 1.82) is 0 Å². The van der Waals surface area contributed by atoms with Gasteiger partial charge in [0.25, 0.3) is 10.1 Å². The van der Waals surface area contributed by atoms with E-state index in [0.29, 0.717) is 0 Å². The van der Waals surface area contributed by atoms with E-state index in [9.17, 15) is 8.42 Å². The largest absolute Gasteiger partial charge is 0.383 e. The Hall–Kier alpha value is -0.170. The van der Waals surface area contributed by atoms with Crippen molar-refractivity contribution in [3.8, 4) is 0 Å². The zero-order valence-electron chi connectivity index (χ0n) is 5.65. The molecule has 3 N–H and O–H groups in total. The van der Waals surface area contributed by atoms with E-state index in [2.05, 4.69) is 4.74 Å². The Labute approximate surface area is 59.9 Å². The number of methoxy groups -OCH3 is 1. The third-order valence-electron chi connectivity index (χ3n) is 0.805. The second-order valence-corrected chi connectivity index (χ2v) is 3.46. The molecule has 0 saturated heterocycles. The molecule has 6 heteroatoms. The quantitative estimate of drug-likeness (QED) is 0.518. The normalized spacial score (nSPS) is 15.1. The molecule has 0 amide bonds. The van der Waals surface area contributed by atoms with Crippen LogP contribution in [0.1, 0.15) is 0 Å². The minimum Gasteiger partial charge on any atom is -0.383 e. The third kappa shape index (κ3) is 5.96. The van der Waals surface area contributed by atoms with E-state index in [0.717, 1.165) is 0 Å². The van der Waals surface area contributed by atoms with E-state index >= 15 is 0 Å². The van der Waals surface area contributed by atoms with Crippen molar-refractivity contribution in [3.05, 3.63) is 0 Å². The predicted molar refractivity (Wildman–Crippen MR) is 36.3 cm³/mol. The fraction of sp³-hybridized carbons (Fsp3) is 1.00. The molecule has 5 nitrogen and oxygen atoms in total. The molecule has 0 aromatic carbocycles. The highest BCUT2D eigenvalue weighted by Gasteiger charge is 2.11. The van der Waals surface area contributed by atoms with Gasteiger partial charge in [-0.15, -0.1) is 0 Å². The molecule has 62 valence electrons. The summed E-state index contributed by atoms with van der Waals surface area (Å²) in [6.07, 6.45) is 0. The molecule has 0 saturated carbocycles. The van der Waals surface area contributed by atoms with Gasteiger partial charge in [0, 0.05) is 13.2 Å². The van der Waals surface area contributed by atoms with Crippen molar-refractivity contribution in [2.24, 2.45) is 5.73 Å².